The van der Waals surface area contributed by atoms with Gasteiger partial charge in [0.05, 0.1) is 30.5 Å². The van der Waals surface area contributed by atoms with Crippen molar-refractivity contribution in [3.8, 4) is 5.75 Å². The van der Waals surface area contributed by atoms with Gasteiger partial charge in [-0.2, -0.15) is 0 Å². The molecule has 1 unspecified atom stereocenters. The average molecular weight is 418 g/mol. The van der Waals surface area contributed by atoms with Gasteiger partial charge in [0, 0.05) is 0 Å². The average Bonchev–Trinajstić information content (AvgIpc) is 3.12. The van der Waals surface area contributed by atoms with E-state index in [1.54, 1.807) is 12.1 Å². The second kappa shape index (κ2) is 7.40. The molecule has 150 valence electrons. The predicted molar refractivity (Wildman–Crippen MR) is 103 cm³/mol. The molecule has 0 aliphatic carbocycles. The molecule has 1 amide bonds. The Labute approximate surface area is 168 Å². The Balaban J connectivity index is 1.72. The highest BCUT2D eigenvalue weighted by Gasteiger charge is 2.36. The first kappa shape index (κ1) is 19.3. The number of esters is 1. The fraction of sp³-hybridized carbons (Fsp3) is 0.250. The van der Waals surface area contributed by atoms with Crippen LogP contribution in [0.3, 0.4) is 0 Å². The van der Waals surface area contributed by atoms with E-state index >= 15 is 0 Å². The zero-order valence-electron chi connectivity index (χ0n) is 15.6. The summed E-state index contributed by atoms with van der Waals surface area (Å²) >= 11 is 1.17. The molecule has 0 spiro atoms. The Morgan fingerprint density at radius 3 is 2.86 bits per heavy atom. The molecule has 2 heterocycles. The quantitative estimate of drug-likeness (QED) is 0.604. The van der Waals surface area contributed by atoms with Crippen molar-refractivity contribution in [3.63, 3.8) is 0 Å². The fourth-order valence-electron chi connectivity index (χ4n) is 3.15. The van der Waals surface area contributed by atoms with Crippen LogP contribution in [0.15, 0.2) is 30.3 Å². The Bertz CT molecular complexity index is 1130. The summed E-state index contributed by atoms with van der Waals surface area (Å²) in [5, 5.41) is 0.434. The summed E-state index contributed by atoms with van der Waals surface area (Å²) in [6.45, 7) is 1.91. The summed E-state index contributed by atoms with van der Waals surface area (Å²) in [5.41, 5.74) is 1.37. The SMILES string of the molecule is COC(=O)CC1Oc2ccc(C)cc2N(Cc2nc3c(F)c(F)ccc3s2)C1=O. The number of halogens is 2. The number of thiazole rings is 1. The molecule has 1 aromatic heterocycles. The van der Waals surface area contributed by atoms with Crippen molar-refractivity contribution >= 4 is 39.1 Å². The van der Waals surface area contributed by atoms with Crippen LogP contribution in [0, 0.1) is 18.6 Å². The molecule has 0 fully saturated rings. The zero-order chi connectivity index (χ0) is 20.7. The molecule has 0 saturated carbocycles. The van der Waals surface area contributed by atoms with Crippen LogP contribution in [0.5, 0.6) is 5.75 Å². The monoisotopic (exact) mass is 418 g/mol. The molecule has 1 atom stereocenters. The van der Waals surface area contributed by atoms with Crippen LogP contribution in [0.25, 0.3) is 10.2 Å². The van der Waals surface area contributed by atoms with E-state index in [0.29, 0.717) is 21.1 Å². The van der Waals surface area contributed by atoms with Crippen molar-refractivity contribution < 1.29 is 27.8 Å². The molecule has 9 heteroatoms. The van der Waals surface area contributed by atoms with Crippen LogP contribution in [0.4, 0.5) is 14.5 Å². The lowest BCUT2D eigenvalue weighted by atomic mass is 10.1. The Kier molecular flexibility index (Phi) is 4.91. The molecule has 3 aromatic rings. The molecule has 4 rings (SSSR count). The third-order valence-electron chi connectivity index (χ3n) is 4.59. The third-order valence-corrected chi connectivity index (χ3v) is 5.59. The van der Waals surface area contributed by atoms with Gasteiger partial charge in [0.15, 0.2) is 17.7 Å². The number of carbonyl (C=O) groups excluding carboxylic acids is 2. The van der Waals surface area contributed by atoms with Gasteiger partial charge < -0.3 is 9.47 Å². The van der Waals surface area contributed by atoms with E-state index in [1.807, 2.05) is 13.0 Å². The number of hydrogen-bond acceptors (Lipinski definition) is 6. The number of anilines is 1. The molecule has 1 aliphatic rings. The number of hydrogen-bond donors (Lipinski definition) is 0. The molecule has 6 nitrogen and oxygen atoms in total. The molecule has 0 bridgehead atoms. The highest BCUT2D eigenvalue weighted by Crippen LogP contribution is 2.37. The first-order valence-electron chi connectivity index (χ1n) is 8.76. The number of rotatable bonds is 4. The molecule has 0 N–H and O–H groups in total. The van der Waals surface area contributed by atoms with E-state index in [-0.39, 0.29) is 18.5 Å². The van der Waals surface area contributed by atoms with Crippen molar-refractivity contribution in [2.75, 3.05) is 12.0 Å². The molecular weight excluding hydrogens is 402 g/mol. The maximum Gasteiger partial charge on any atom is 0.309 e. The van der Waals surface area contributed by atoms with E-state index in [2.05, 4.69) is 9.72 Å². The van der Waals surface area contributed by atoms with E-state index in [1.165, 1.54) is 29.4 Å². The minimum Gasteiger partial charge on any atom is -0.478 e. The minimum atomic E-state index is -1.04. The van der Waals surface area contributed by atoms with Gasteiger partial charge in [0.1, 0.15) is 16.3 Å². The molecule has 0 saturated heterocycles. The number of aromatic nitrogens is 1. The first-order chi connectivity index (χ1) is 13.9. The lowest BCUT2D eigenvalue weighted by Gasteiger charge is -2.33. The topological polar surface area (TPSA) is 68.7 Å². The second-order valence-electron chi connectivity index (χ2n) is 6.60. The van der Waals surface area contributed by atoms with Crippen LogP contribution < -0.4 is 9.64 Å². The van der Waals surface area contributed by atoms with Crippen LogP contribution in [0.1, 0.15) is 17.0 Å². The van der Waals surface area contributed by atoms with Gasteiger partial charge in [-0.3, -0.25) is 14.5 Å². The maximum atomic E-state index is 14.0. The summed E-state index contributed by atoms with van der Waals surface area (Å²) in [7, 11) is 1.24. The van der Waals surface area contributed by atoms with Gasteiger partial charge in [0.25, 0.3) is 5.91 Å². The molecule has 1 aliphatic heterocycles. The third kappa shape index (κ3) is 3.53. The Hall–Kier alpha value is -3.07. The number of benzene rings is 2. The fourth-order valence-corrected chi connectivity index (χ4v) is 4.10. The molecule has 0 radical (unpaired) electrons. The molecular formula is C20H16F2N2O4S. The lowest BCUT2D eigenvalue weighted by Crippen LogP contribution is -2.46. The van der Waals surface area contributed by atoms with Crippen LogP contribution in [0.2, 0.25) is 0 Å². The maximum absolute atomic E-state index is 14.0. The second-order valence-corrected chi connectivity index (χ2v) is 7.71. The number of fused-ring (bicyclic) bond motifs is 2. The van der Waals surface area contributed by atoms with Gasteiger partial charge in [-0.1, -0.05) is 6.07 Å². The van der Waals surface area contributed by atoms with Crippen molar-refractivity contribution in [2.45, 2.75) is 26.0 Å². The van der Waals surface area contributed by atoms with Crippen LogP contribution in [-0.2, 0) is 20.9 Å². The van der Waals surface area contributed by atoms with Crippen molar-refractivity contribution in [3.05, 3.63) is 52.5 Å². The highest BCUT2D eigenvalue weighted by molar-refractivity contribution is 7.18. The van der Waals surface area contributed by atoms with E-state index < -0.39 is 29.6 Å². The van der Waals surface area contributed by atoms with Crippen LogP contribution in [-0.4, -0.2) is 30.1 Å². The Morgan fingerprint density at radius 1 is 1.31 bits per heavy atom. The zero-order valence-corrected chi connectivity index (χ0v) is 16.4. The Morgan fingerprint density at radius 2 is 2.10 bits per heavy atom. The normalized spacial score (nSPS) is 15.9. The molecule has 2 aromatic carbocycles. The van der Waals surface area contributed by atoms with E-state index in [4.69, 9.17) is 4.74 Å². The van der Waals surface area contributed by atoms with Crippen molar-refractivity contribution in [1.29, 1.82) is 0 Å². The van der Waals surface area contributed by atoms with Gasteiger partial charge in [0.2, 0.25) is 0 Å². The van der Waals surface area contributed by atoms with Crippen molar-refractivity contribution in [2.24, 2.45) is 0 Å². The first-order valence-corrected chi connectivity index (χ1v) is 9.58. The molecule has 29 heavy (non-hydrogen) atoms. The minimum absolute atomic E-state index is 0.0384. The summed E-state index contributed by atoms with van der Waals surface area (Å²) < 4.78 is 38.4. The van der Waals surface area contributed by atoms with Gasteiger partial charge in [-0.15, -0.1) is 11.3 Å². The van der Waals surface area contributed by atoms with Crippen LogP contribution >= 0.6 is 11.3 Å². The van der Waals surface area contributed by atoms with Gasteiger partial charge in [-0.05, 0) is 36.8 Å². The van der Waals surface area contributed by atoms with E-state index in [0.717, 1.165) is 11.6 Å². The van der Waals surface area contributed by atoms with Crippen molar-refractivity contribution in [1.82, 2.24) is 4.98 Å². The number of amides is 1. The largest absolute Gasteiger partial charge is 0.478 e. The lowest BCUT2D eigenvalue weighted by molar-refractivity contribution is -0.145. The number of aryl methyl sites for hydroxylation is 1. The standard InChI is InChI=1S/C20H16F2N2O4S/c1-10-3-5-13-12(7-10)24(20(26)14(28-13)8-17(25)27-2)9-16-23-19-15(29-16)6-4-11(21)18(19)22/h3-7,14H,8-9H2,1-2H3. The number of ether oxygens (including phenoxy) is 2. The summed E-state index contributed by atoms with van der Waals surface area (Å²) in [6, 6.07) is 7.84. The van der Waals surface area contributed by atoms with Gasteiger partial charge >= 0.3 is 5.97 Å². The number of nitrogens with zero attached hydrogens (tertiary/aromatic N) is 2. The van der Waals surface area contributed by atoms with Gasteiger partial charge in [-0.25, -0.2) is 13.8 Å². The number of methoxy groups -OCH3 is 1. The van der Waals surface area contributed by atoms with E-state index in [9.17, 15) is 18.4 Å². The summed E-state index contributed by atoms with van der Waals surface area (Å²) in [4.78, 5) is 30.3. The summed E-state index contributed by atoms with van der Waals surface area (Å²) in [6.07, 6.45) is -1.28. The highest BCUT2D eigenvalue weighted by atomic mass is 32.1. The summed E-state index contributed by atoms with van der Waals surface area (Å²) in [5.74, 6) is -2.55. The predicted octanol–water partition coefficient (Wildman–Crippen LogP) is 3.74. The number of carbonyl (C=O) groups is 2. The smallest absolute Gasteiger partial charge is 0.309 e.